The van der Waals surface area contributed by atoms with Crippen molar-refractivity contribution in [3.05, 3.63) is 27.3 Å². The molecule has 1 fully saturated rings. The molecule has 1 unspecified atom stereocenters. The molecule has 1 saturated heterocycles. The summed E-state index contributed by atoms with van der Waals surface area (Å²) in [4.78, 5) is 26.3. The fraction of sp³-hybridized carbons (Fsp3) is 0.467. The van der Waals surface area contributed by atoms with Gasteiger partial charge >= 0.3 is 6.09 Å². The van der Waals surface area contributed by atoms with Gasteiger partial charge in [-0.25, -0.2) is 4.79 Å². The molecule has 1 atom stereocenters. The summed E-state index contributed by atoms with van der Waals surface area (Å²) in [5.41, 5.74) is 0.612. The van der Waals surface area contributed by atoms with Gasteiger partial charge in [0.15, 0.2) is 0 Å². The summed E-state index contributed by atoms with van der Waals surface area (Å²) in [6, 6.07) is 4.81. The van der Waals surface area contributed by atoms with E-state index in [4.69, 9.17) is 39.5 Å². The Bertz CT molecular complexity index is 654. The van der Waals surface area contributed by atoms with Crippen molar-refractivity contribution < 1.29 is 19.4 Å². The van der Waals surface area contributed by atoms with E-state index in [1.54, 1.807) is 23.1 Å². The minimum atomic E-state index is -1.72. The summed E-state index contributed by atoms with van der Waals surface area (Å²) in [5, 5.41) is 11.9. The fourth-order valence-electron chi connectivity index (χ4n) is 2.54. The molecule has 0 saturated carbocycles. The highest BCUT2D eigenvalue weighted by atomic mass is 127. The molecule has 1 heterocycles. The van der Waals surface area contributed by atoms with Crippen molar-refractivity contribution in [2.75, 3.05) is 25.1 Å². The van der Waals surface area contributed by atoms with E-state index in [-0.39, 0.29) is 18.6 Å². The summed E-state index contributed by atoms with van der Waals surface area (Å²) in [6.45, 7) is 0.0479. The van der Waals surface area contributed by atoms with E-state index in [1.165, 1.54) is 0 Å². The van der Waals surface area contributed by atoms with Crippen LogP contribution < -0.4 is 5.32 Å². The predicted molar refractivity (Wildman–Crippen MR) is 106 cm³/mol. The third-order valence-electron chi connectivity index (χ3n) is 3.66. The Morgan fingerprint density at radius 1 is 1.40 bits per heavy atom. The number of carbonyl (C=O) groups excluding carboxylic acids is 2. The van der Waals surface area contributed by atoms with E-state index in [0.29, 0.717) is 17.8 Å². The van der Waals surface area contributed by atoms with Crippen LogP contribution in [0.5, 0.6) is 0 Å². The number of aliphatic hydroxyl groups excluding tert-OH is 1. The molecule has 1 aliphatic heterocycles. The van der Waals surface area contributed by atoms with Gasteiger partial charge in [0.2, 0.25) is 3.79 Å². The first-order chi connectivity index (χ1) is 11.7. The fourth-order valence-corrected chi connectivity index (χ4v) is 3.20. The monoisotopic (exact) mass is 520 g/mol. The second-order valence-electron chi connectivity index (χ2n) is 5.48. The zero-order valence-corrected chi connectivity index (χ0v) is 17.4. The third-order valence-corrected chi connectivity index (χ3v) is 4.66. The molecule has 0 spiro atoms. The van der Waals surface area contributed by atoms with Gasteiger partial charge in [0.1, 0.15) is 6.61 Å². The second-order valence-corrected chi connectivity index (χ2v) is 9.25. The number of alkyl halides is 3. The third kappa shape index (κ3) is 6.02. The number of nitrogens with zero attached hydrogens (tertiary/aromatic N) is 1. The van der Waals surface area contributed by atoms with Gasteiger partial charge in [-0.05, 0) is 53.6 Å². The Kier molecular flexibility index (Phi) is 7.45. The number of rotatable bonds is 4. The maximum atomic E-state index is 12.8. The average Bonchev–Trinajstić information content (AvgIpc) is 3.02. The van der Waals surface area contributed by atoms with Gasteiger partial charge in [-0.15, -0.1) is 0 Å². The first kappa shape index (κ1) is 20.8. The van der Waals surface area contributed by atoms with Crippen LogP contribution in [0.4, 0.5) is 10.5 Å². The Morgan fingerprint density at radius 2 is 2.12 bits per heavy atom. The quantitative estimate of drug-likeness (QED) is 0.467. The molecule has 138 valence electrons. The van der Waals surface area contributed by atoms with Crippen LogP contribution in [0.3, 0.4) is 0 Å². The molecule has 25 heavy (non-hydrogen) atoms. The van der Waals surface area contributed by atoms with Crippen LogP contribution in [0, 0.1) is 3.57 Å². The number of hydrogen-bond acceptors (Lipinski definition) is 4. The molecule has 0 bridgehead atoms. The summed E-state index contributed by atoms with van der Waals surface area (Å²) >= 11 is 18.7. The van der Waals surface area contributed by atoms with Crippen LogP contribution in [0.15, 0.2) is 18.2 Å². The molecular weight excluding hydrogens is 505 g/mol. The van der Waals surface area contributed by atoms with Crippen molar-refractivity contribution >= 4 is 75.1 Å². The molecule has 1 aromatic carbocycles. The standard InChI is InChI=1S/C15H16Cl3IN2O4/c16-15(17,18)8-25-14(24)20-12-4-3-9(19)6-11(12)13(23)21-5-1-2-10(21)7-22/h3-4,6,10,22H,1-2,5,7-8H2,(H,20,24). The van der Waals surface area contributed by atoms with Crippen LogP contribution in [0.25, 0.3) is 0 Å². The van der Waals surface area contributed by atoms with Gasteiger partial charge < -0.3 is 14.7 Å². The van der Waals surface area contributed by atoms with Crippen LogP contribution in [0.1, 0.15) is 23.2 Å². The highest BCUT2D eigenvalue weighted by molar-refractivity contribution is 14.1. The van der Waals surface area contributed by atoms with Crippen molar-refractivity contribution in [1.29, 1.82) is 0 Å². The summed E-state index contributed by atoms with van der Waals surface area (Å²) < 4.78 is 3.95. The van der Waals surface area contributed by atoms with E-state index in [1.807, 2.05) is 0 Å². The number of carbonyl (C=O) groups is 2. The van der Waals surface area contributed by atoms with Gasteiger partial charge in [0.05, 0.1) is 23.9 Å². The van der Waals surface area contributed by atoms with Crippen LogP contribution in [0.2, 0.25) is 0 Å². The first-order valence-electron chi connectivity index (χ1n) is 7.43. The van der Waals surface area contributed by atoms with Crippen LogP contribution in [-0.4, -0.2) is 51.6 Å². The van der Waals surface area contributed by atoms with Crippen molar-refractivity contribution in [3.63, 3.8) is 0 Å². The largest absolute Gasteiger partial charge is 0.445 e. The SMILES string of the molecule is O=C(Nc1ccc(I)cc1C(=O)N1CCCC1CO)OCC(Cl)(Cl)Cl. The van der Waals surface area contributed by atoms with E-state index >= 15 is 0 Å². The van der Waals surface area contributed by atoms with Gasteiger partial charge in [-0.1, -0.05) is 34.8 Å². The number of benzene rings is 1. The maximum Gasteiger partial charge on any atom is 0.411 e. The highest BCUT2D eigenvalue weighted by Gasteiger charge is 2.30. The first-order valence-corrected chi connectivity index (χ1v) is 9.64. The van der Waals surface area contributed by atoms with Gasteiger partial charge in [0.25, 0.3) is 5.91 Å². The van der Waals surface area contributed by atoms with Crippen LogP contribution >= 0.6 is 57.4 Å². The van der Waals surface area contributed by atoms with Crippen molar-refractivity contribution in [3.8, 4) is 0 Å². The number of ether oxygens (including phenoxy) is 1. The molecule has 0 aliphatic carbocycles. The van der Waals surface area contributed by atoms with Crippen molar-refractivity contribution in [2.24, 2.45) is 0 Å². The Hall–Kier alpha value is -0.480. The van der Waals surface area contributed by atoms with E-state index in [0.717, 1.165) is 16.4 Å². The number of likely N-dealkylation sites (tertiary alicyclic amines) is 1. The molecule has 0 radical (unpaired) electrons. The molecule has 2 amide bonds. The Balaban J connectivity index is 2.17. The molecule has 1 aromatic rings. The Labute approximate surface area is 173 Å². The molecule has 0 aromatic heterocycles. The van der Waals surface area contributed by atoms with Gasteiger partial charge in [0, 0.05) is 10.1 Å². The zero-order chi connectivity index (χ0) is 18.6. The number of halogens is 4. The molecule has 2 N–H and O–H groups in total. The molecule has 2 rings (SSSR count). The van der Waals surface area contributed by atoms with Crippen LogP contribution in [-0.2, 0) is 4.74 Å². The predicted octanol–water partition coefficient (Wildman–Crippen LogP) is 3.81. The number of hydrogen-bond donors (Lipinski definition) is 2. The van der Waals surface area contributed by atoms with Gasteiger partial charge in [-0.2, -0.15) is 0 Å². The molecule has 1 aliphatic rings. The lowest BCUT2D eigenvalue weighted by Gasteiger charge is -2.24. The summed E-state index contributed by atoms with van der Waals surface area (Å²) in [6.07, 6.45) is 0.747. The number of amides is 2. The minimum absolute atomic E-state index is 0.0935. The lowest BCUT2D eigenvalue weighted by atomic mass is 10.1. The zero-order valence-electron chi connectivity index (χ0n) is 13.0. The second kappa shape index (κ2) is 8.94. The average molecular weight is 522 g/mol. The minimum Gasteiger partial charge on any atom is -0.445 e. The van der Waals surface area contributed by atoms with E-state index in [9.17, 15) is 14.7 Å². The molecule has 10 heteroatoms. The van der Waals surface area contributed by atoms with E-state index < -0.39 is 16.5 Å². The lowest BCUT2D eigenvalue weighted by Crippen LogP contribution is -2.38. The van der Waals surface area contributed by atoms with Crippen molar-refractivity contribution in [2.45, 2.75) is 22.7 Å². The summed E-state index contributed by atoms with van der Waals surface area (Å²) in [7, 11) is 0. The normalized spacial score (nSPS) is 17.5. The number of aliphatic hydroxyl groups is 1. The smallest absolute Gasteiger partial charge is 0.411 e. The molecular formula is C15H16Cl3IN2O4. The van der Waals surface area contributed by atoms with E-state index in [2.05, 4.69) is 27.9 Å². The van der Waals surface area contributed by atoms with Gasteiger partial charge in [-0.3, -0.25) is 10.1 Å². The highest BCUT2D eigenvalue weighted by Crippen LogP contribution is 2.27. The lowest BCUT2D eigenvalue weighted by molar-refractivity contribution is 0.0678. The Morgan fingerprint density at radius 3 is 2.76 bits per heavy atom. The topological polar surface area (TPSA) is 78.9 Å². The van der Waals surface area contributed by atoms with Crippen molar-refractivity contribution in [1.82, 2.24) is 4.90 Å². The number of nitrogens with one attached hydrogen (secondary N) is 1. The summed E-state index contributed by atoms with van der Waals surface area (Å²) in [5.74, 6) is -0.258. The number of anilines is 1. The molecule has 6 nitrogen and oxygen atoms in total. The maximum absolute atomic E-state index is 12.8.